The molecule has 0 amide bonds. The number of rotatable bonds is 3. The van der Waals surface area contributed by atoms with Gasteiger partial charge >= 0.3 is 0 Å². The molecule has 2 heterocycles. The summed E-state index contributed by atoms with van der Waals surface area (Å²) >= 11 is 0. The Bertz CT molecular complexity index is 477. The van der Waals surface area contributed by atoms with E-state index in [4.69, 9.17) is 4.84 Å². The minimum absolute atomic E-state index is 0.251. The summed E-state index contributed by atoms with van der Waals surface area (Å²) in [7, 11) is 0. The number of fused-ring (bicyclic) bond motifs is 1. The molecule has 2 atom stereocenters. The monoisotopic (exact) mass is 280 g/mol. The highest BCUT2D eigenvalue weighted by atomic mass is 19.1. The van der Waals surface area contributed by atoms with Crippen LogP contribution >= 0.6 is 0 Å². The van der Waals surface area contributed by atoms with Crippen molar-refractivity contribution >= 4 is 0 Å². The molecule has 1 saturated heterocycles. The zero-order valence-electron chi connectivity index (χ0n) is 11.7. The van der Waals surface area contributed by atoms with E-state index in [1.165, 1.54) is 0 Å². The van der Waals surface area contributed by atoms with Crippen molar-refractivity contribution in [2.75, 3.05) is 13.1 Å². The van der Waals surface area contributed by atoms with Crippen LogP contribution in [0.25, 0.3) is 0 Å². The van der Waals surface area contributed by atoms with Crippen LogP contribution in [-0.2, 0) is 5.79 Å². The first kappa shape index (κ1) is 13.8. The highest BCUT2D eigenvalue weighted by molar-refractivity contribution is 5.41. The zero-order valence-corrected chi connectivity index (χ0v) is 11.7. The van der Waals surface area contributed by atoms with E-state index < -0.39 is 5.79 Å². The summed E-state index contributed by atoms with van der Waals surface area (Å²) < 4.78 is 15.5. The van der Waals surface area contributed by atoms with E-state index >= 15 is 4.39 Å². The maximum absolute atomic E-state index is 15.5. The van der Waals surface area contributed by atoms with Gasteiger partial charge in [0.05, 0.1) is 17.7 Å². The lowest BCUT2D eigenvalue weighted by atomic mass is 9.92. The van der Waals surface area contributed by atoms with E-state index in [9.17, 15) is 5.11 Å². The largest absolute Gasteiger partial charge is 0.405 e. The molecule has 5 heteroatoms. The molecule has 4 nitrogen and oxygen atoms in total. The molecule has 1 aromatic carbocycles. The number of alkyl halides is 1. The van der Waals surface area contributed by atoms with Gasteiger partial charge in [-0.3, -0.25) is 4.90 Å². The van der Waals surface area contributed by atoms with Gasteiger partial charge < -0.3 is 9.94 Å². The summed E-state index contributed by atoms with van der Waals surface area (Å²) in [4.78, 5) is 7.42. The Morgan fingerprint density at radius 2 is 2.15 bits per heavy atom. The van der Waals surface area contributed by atoms with E-state index in [0.717, 1.165) is 13.1 Å². The van der Waals surface area contributed by atoms with Crippen LogP contribution < -0.4 is 10.3 Å². The van der Waals surface area contributed by atoms with Gasteiger partial charge in [-0.1, -0.05) is 25.1 Å². The summed E-state index contributed by atoms with van der Waals surface area (Å²) in [6.07, 6.45) is 1.83. The van der Waals surface area contributed by atoms with E-state index in [0.29, 0.717) is 30.6 Å². The predicted octanol–water partition coefficient (Wildman–Crippen LogP) is 1.94. The molecule has 0 bridgehead atoms. The normalized spacial score (nSPS) is 28.9. The molecule has 2 aliphatic heterocycles. The van der Waals surface area contributed by atoms with Gasteiger partial charge in [-0.05, 0) is 25.3 Å². The molecule has 20 heavy (non-hydrogen) atoms. The van der Waals surface area contributed by atoms with Crippen molar-refractivity contribution in [1.29, 1.82) is 0 Å². The summed E-state index contributed by atoms with van der Waals surface area (Å²) in [6, 6.07) is 6.92. The summed E-state index contributed by atoms with van der Waals surface area (Å²) in [5.41, 5.74) is 3.15. The molecule has 2 N–H and O–H groups in total. The van der Waals surface area contributed by atoms with E-state index in [1.807, 2.05) is 19.1 Å². The Morgan fingerprint density at radius 1 is 1.45 bits per heavy atom. The van der Waals surface area contributed by atoms with Gasteiger partial charge in [0.1, 0.15) is 0 Å². The molecule has 2 aliphatic rings. The zero-order chi connectivity index (χ0) is 14.2. The second kappa shape index (κ2) is 5.31. The first-order valence-electron chi connectivity index (χ1n) is 7.29. The molecular formula is C15H21FN2O2. The number of benzene rings is 1. The highest BCUT2D eigenvalue weighted by Crippen LogP contribution is 2.42. The van der Waals surface area contributed by atoms with Crippen LogP contribution in [0.15, 0.2) is 24.3 Å². The van der Waals surface area contributed by atoms with Gasteiger partial charge in [0.2, 0.25) is 5.79 Å². The lowest BCUT2D eigenvalue weighted by molar-refractivity contribution is -0.0697. The number of piperidine rings is 1. The number of hydrogen-bond donors (Lipinski definition) is 2. The summed E-state index contributed by atoms with van der Waals surface area (Å²) in [5.74, 6) is -1.13. The van der Waals surface area contributed by atoms with Gasteiger partial charge in [0.15, 0.2) is 5.75 Å². The van der Waals surface area contributed by atoms with Crippen molar-refractivity contribution in [3.8, 4) is 5.75 Å². The fraction of sp³-hybridized carbons (Fsp3) is 0.600. The van der Waals surface area contributed by atoms with Crippen molar-refractivity contribution < 1.29 is 14.3 Å². The second-order valence-corrected chi connectivity index (χ2v) is 5.60. The molecule has 3 rings (SSSR count). The lowest BCUT2D eigenvalue weighted by Crippen LogP contribution is -2.56. The maximum Gasteiger partial charge on any atom is 0.236 e. The lowest BCUT2D eigenvalue weighted by Gasteiger charge is -2.40. The summed E-state index contributed by atoms with van der Waals surface area (Å²) in [6.45, 7) is 3.42. The fourth-order valence-corrected chi connectivity index (χ4v) is 3.28. The van der Waals surface area contributed by atoms with Gasteiger partial charge in [0, 0.05) is 13.1 Å². The Hall–Kier alpha value is -1.17. The van der Waals surface area contributed by atoms with Gasteiger partial charge in [-0.2, -0.15) is 0 Å². The third kappa shape index (κ3) is 2.20. The maximum atomic E-state index is 15.5. The van der Waals surface area contributed by atoms with Crippen molar-refractivity contribution in [2.24, 2.45) is 0 Å². The minimum atomic E-state index is -1.69. The smallest absolute Gasteiger partial charge is 0.236 e. The van der Waals surface area contributed by atoms with Crippen LogP contribution in [0.4, 0.5) is 4.39 Å². The number of hydrogen-bond acceptors (Lipinski definition) is 4. The van der Waals surface area contributed by atoms with Crippen LogP contribution in [0.2, 0.25) is 0 Å². The SMILES string of the molecule is CCC(N1CCC(O)CC1)C1(F)NOc2ccccc21. The van der Waals surface area contributed by atoms with Crippen LogP contribution in [0.3, 0.4) is 0 Å². The first-order chi connectivity index (χ1) is 9.65. The predicted molar refractivity (Wildman–Crippen MR) is 73.9 cm³/mol. The average Bonchev–Trinajstić information content (AvgIpc) is 2.81. The average molecular weight is 280 g/mol. The molecule has 1 fully saturated rings. The number of para-hydroxylation sites is 1. The number of hydroxylamine groups is 1. The fourth-order valence-electron chi connectivity index (χ4n) is 3.28. The van der Waals surface area contributed by atoms with Crippen LogP contribution in [-0.4, -0.2) is 35.2 Å². The van der Waals surface area contributed by atoms with Gasteiger partial charge in [-0.25, -0.2) is 4.39 Å². The van der Waals surface area contributed by atoms with Crippen molar-refractivity contribution in [3.05, 3.63) is 29.8 Å². The van der Waals surface area contributed by atoms with Crippen LogP contribution in [0.5, 0.6) is 5.75 Å². The topological polar surface area (TPSA) is 44.7 Å². The van der Waals surface area contributed by atoms with Gasteiger partial charge in [0.25, 0.3) is 0 Å². The molecule has 110 valence electrons. The van der Waals surface area contributed by atoms with Crippen LogP contribution in [0, 0.1) is 0 Å². The third-order valence-electron chi connectivity index (χ3n) is 4.37. The molecule has 2 unspecified atom stereocenters. The Morgan fingerprint density at radius 3 is 2.85 bits per heavy atom. The number of likely N-dealkylation sites (tertiary alicyclic amines) is 1. The number of nitrogens with one attached hydrogen (secondary N) is 1. The number of aliphatic hydroxyl groups excluding tert-OH is 1. The highest BCUT2D eigenvalue weighted by Gasteiger charge is 2.49. The molecule has 1 aromatic rings. The number of halogens is 1. The molecule has 0 radical (unpaired) electrons. The number of aliphatic hydroxyl groups is 1. The molecule has 0 aromatic heterocycles. The van der Waals surface area contributed by atoms with E-state index in [-0.39, 0.29) is 12.1 Å². The van der Waals surface area contributed by atoms with Crippen LogP contribution in [0.1, 0.15) is 31.7 Å². The molecule has 0 saturated carbocycles. The quantitative estimate of drug-likeness (QED) is 0.831. The standard InChI is InChI=1S/C15H21FN2O2/c1-2-14(18-9-7-11(19)8-10-18)15(16)12-5-3-4-6-13(12)20-17-15/h3-6,11,14,17,19H,2,7-10H2,1H3. The Kier molecular flexibility index (Phi) is 3.67. The Labute approximate surface area is 118 Å². The van der Waals surface area contributed by atoms with Crippen molar-refractivity contribution in [1.82, 2.24) is 10.4 Å². The third-order valence-corrected chi connectivity index (χ3v) is 4.37. The minimum Gasteiger partial charge on any atom is -0.405 e. The Balaban J connectivity index is 1.86. The van der Waals surface area contributed by atoms with E-state index in [2.05, 4.69) is 10.4 Å². The van der Waals surface area contributed by atoms with E-state index in [1.54, 1.807) is 12.1 Å². The molecule has 0 aliphatic carbocycles. The molecule has 0 spiro atoms. The van der Waals surface area contributed by atoms with Gasteiger partial charge in [-0.15, -0.1) is 5.48 Å². The second-order valence-electron chi connectivity index (χ2n) is 5.60. The molecular weight excluding hydrogens is 259 g/mol. The first-order valence-corrected chi connectivity index (χ1v) is 7.29. The number of nitrogens with zero attached hydrogens (tertiary/aromatic N) is 1. The van der Waals surface area contributed by atoms with Crippen molar-refractivity contribution in [2.45, 2.75) is 44.1 Å². The van der Waals surface area contributed by atoms with Crippen molar-refractivity contribution in [3.63, 3.8) is 0 Å². The summed E-state index contributed by atoms with van der Waals surface area (Å²) in [5, 5.41) is 9.61.